The molecule has 2 unspecified atom stereocenters. The van der Waals surface area contributed by atoms with Gasteiger partial charge in [0.05, 0.1) is 0 Å². The fraction of sp³-hybridized carbons (Fsp3) is 0.500. The monoisotopic (exact) mass is 209 g/mol. The first-order valence-electron chi connectivity index (χ1n) is 5.14. The summed E-state index contributed by atoms with van der Waals surface area (Å²) in [4.78, 5) is 0. The van der Waals surface area contributed by atoms with Crippen molar-refractivity contribution >= 4 is 11.6 Å². The first-order valence-corrected chi connectivity index (χ1v) is 5.52. The lowest BCUT2D eigenvalue weighted by Crippen LogP contribution is -2.24. The molecule has 0 heterocycles. The van der Waals surface area contributed by atoms with E-state index in [0.717, 1.165) is 24.3 Å². The molecule has 0 saturated heterocycles. The molecule has 2 atom stereocenters. The van der Waals surface area contributed by atoms with Crippen LogP contribution in [0.15, 0.2) is 24.3 Å². The first kappa shape index (κ1) is 10.0. The molecular formula is C12H16ClN. The normalized spacial score (nSPS) is 30.4. The molecule has 0 spiro atoms. The third-order valence-electron chi connectivity index (χ3n) is 3.33. The maximum Gasteiger partial charge on any atom is 0.0437 e. The Labute approximate surface area is 90.3 Å². The van der Waals surface area contributed by atoms with E-state index in [-0.39, 0.29) is 5.54 Å². The molecule has 1 saturated carbocycles. The van der Waals surface area contributed by atoms with E-state index < -0.39 is 0 Å². The summed E-state index contributed by atoms with van der Waals surface area (Å²) >= 11 is 6.07. The average molecular weight is 210 g/mol. The fourth-order valence-corrected chi connectivity index (χ4v) is 2.16. The van der Waals surface area contributed by atoms with E-state index in [0.29, 0.717) is 5.92 Å². The molecule has 0 bridgehead atoms. The Morgan fingerprint density at radius 1 is 1.50 bits per heavy atom. The topological polar surface area (TPSA) is 26.0 Å². The van der Waals surface area contributed by atoms with Crippen LogP contribution in [0.2, 0.25) is 5.02 Å². The van der Waals surface area contributed by atoms with Gasteiger partial charge in [0.15, 0.2) is 0 Å². The van der Waals surface area contributed by atoms with Crippen molar-refractivity contribution in [3.8, 4) is 0 Å². The van der Waals surface area contributed by atoms with E-state index >= 15 is 0 Å². The lowest BCUT2D eigenvalue weighted by atomic mass is 10.0. The van der Waals surface area contributed by atoms with E-state index in [1.165, 1.54) is 5.56 Å². The summed E-state index contributed by atoms with van der Waals surface area (Å²) in [5, 5.41) is 0.865. The molecule has 1 aliphatic rings. The lowest BCUT2D eigenvalue weighted by molar-refractivity contribution is 0.565. The highest BCUT2D eigenvalue weighted by molar-refractivity contribution is 6.31. The van der Waals surface area contributed by atoms with Crippen LogP contribution in [0.4, 0.5) is 0 Å². The second-order valence-corrected chi connectivity index (χ2v) is 4.84. The summed E-state index contributed by atoms with van der Waals surface area (Å²) in [6.45, 7) is 2.21. The molecule has 2 N–H and O–H groups in total. The number of halogens is 1. The van der Waals surface area contributed by atoms with Crippen molar-refractivity contribution in [2.75, 3.05) is 0 Å². The largest absolute Gasteiger partial charge is 0.325 e. The molecule has 0 aromatic heterocycles. The number of hydrogen-bond acceptors (Lipinski definition) is 1. The summed E-state index contributed by atoms with van der Waals surface area (Å²) in [6.07, 6.45) is 3.22. The minimum atomic E-state index is 0.0964. The van der Waals surface area contributed by atoms with Crippen LogP contribution in [0.5, 0.6) is 0 Å². The second kappa shape index (κ2) is 3.56. The number of aryl methyl sites for hydroxylation is 1. The van der Waals surface area contributed by atoms with Gasteiger partial charge in [0, 0.05) is 10.6 Å². The van der Waals surface area contributed by atoms with Crippen molar-refractivity contribution in [3.63, 3.8) is 0 Å². The van der Waals surface area contributed by atoms with Crippen LogP contribution in [-0.2, 0) is 6.42 Å². The van der Waals surface area contributed by atoms with Gasteiger partial charge in [-0.3, -0.25) is 0 Å². The molecule has 76 valence electrons. The molecule has 1 nitrogen and oxygen atoms in total. The smallest absolute Gasteiger partial charge is 0.0437 e. The van der Waals surface area contributed by atoms with Gasteiger partial charge in [0.1, 0.15) is 0 Å². The first-order chi connectivity index (χ1) is 6.62. The molecule has 2 heteroatoms. The molecular weight excluding hydrogens is 194 g/mol. The Kier molecular flexibility index (Phi) is 2.54. The zero-order chi connectivity index (χ0) is 10.2. The van der Waals surface area contributed by atoms with Gasteiger partial charge in [-0.05, 0) is 36.8 Å². The van der Waals surface area contributed by atoms with Crippen molar-refractivity contribution in [3.05, 3.63) is 34.9 Å². The Bertz CT molecular complexity index is 337. The molecule has 2 rings (SSSR count). The van der Waals surface area contributed by atoms with E-state index in [4.69, 9.17) is 17.3 Å². The zero-order valence-corrected chi connectivity index (χ0v) is 9.22. The van der Waals surface area contributed by atoms with E-state index in [2.05, 4.69) is 13.0 Å². The van der Waals surface area contributed by atoms with Gasteiger partial charge >= 0.3 is 0 Å². The average Bonchev–Trinajstić information content (AvgIpc) is 2.74. The van der Waals surface area contributed by atoms with Crippen LogP contribution in [0, 0.1) is 5.92 Å². The van der Waals surface area contributed by atoms with E-state index in [1.807, 2.05) is 18.2 Å². The highest BCUT2D eigenvalue weighted by Crippen LogP contribution is 2.44. The number of benzene rings is 1. The van der Waals surface area contributed by atoms with E-state index in [1.54, 1.807) is 0 Å². The summed E-state index contributed by atoms with van der Waals surface area (Å²) in [7, 11) is 0. The predicted octanol–water partition coefficient (Wildman–Crippen LogP) is 3.01. The van der Waals surface area contributed by atoms with Crippen LogP contribution in [0.3, 0.4) is 0 Å². The lowest BCUT2D eigenvalue weighted by Gasteiger charge is -2.10. The molecule has 0 radical (unpaired) electrons. The number of hydrogen-bond donors (Lipinski definition) is 1. The van der Waals surface area contributed by atoms with Gasteiger partial charge < -0.3 is 5.73 Å². The van der Waals surface area contributed by atoms with Crippen LogP contribution >= 0.6 is 11.6 Å². The van der Waals surface area contributed by atoms with Gasteiger partial charge in [-0.2, -0.15) is 0 Å². The van der Waals surface area contributed by atoms with Crippen molar-refractivity contribution in [2.45, 2.75) is 31.7 Å². The van der Waals surface area contributed by atoms with Crippen LogP contribution < -0.4 is 5.73 Å². The SMILES string of the molecule is CC1CC1(N)CCc1ccccc1Cl. The van der Waals surface area contributed by atoms with Crippen LogP contribution in [-0.4, -0.2) is 5.54 Å². The van der Waals surface area contributed by atoms with Gasteiger partial charge in [-0.25, -0.2) is 0 Å². The molecule has 0 amide bonds. The predicted molar refractivity (Wildman–Crippen MR) is 60.5 cm³/mol. The van der Waals surface area contributed by atoms with Crippen LogP contribution in [0.1, 0.15) is 25.3 Å². The Balaban J connectivity index is 1.96. The van der Waals surface area contributed by atoms with Gasteiger partial charge in [0.2, 0.25) is 0 Å². The quantitative estimate of drug-likeness (QED) is 0.814. The maximum atomic E-state index is 6.14. The van der Waals surface area contributed by atoms with Crippen molar-refractivity contribution in [1.82, 2.24) is 0 Å². The Morgan fingerprint density at radius 2 is 2.14 bits per heavy atom. The maximum absolute atomic E-state index is 6.14. The Hall–Kier alpha value is -0.530. The summed E-state index contributed by atoms with van der Waals surface area (Å²) in [6, 6.07) is 8.01. The second-order valence-electron chi connectivity index (χ2n) is 4.43. The molecule has 14 heavy (non-hydrogen) atoms. The van der Waals surface area contributed by atoms with Crippen molar-refractivity contribution in [1.29, 1.82) is 0 Å². The van der Waals surface area contributed by atoms with Gasteiger partial charge in [0.25, 0.3) is 0 Å². The number of nitrogens with two attached hydrogens (primary N) is 1. The summed E-state index contributed by atoms with van der Waals surface area (Å²) < 4.78 is 0. The van der Waals surface area contributed by atoms with Gasteiger partial charge in [-0.15, -0.1) is 0 Å². The van der Waals surface area contributed by atoms with Crippen LogP contribution in [0.25, 0.3) is 0 Å². The third kappa shape index (κ3) is 1.94. The van der Waals surface area contributed by atoms with Crippen molar-refractivity contribution < 1.29 is 0 Å². The molecule has 1 fully saturated rings. The number of rotatable bonds is 3. The summed E-state index contributed by atoms with van der Waals surface area (Å²) in [5.41, 5.74) is 7.46. The fourth-order valence-electron chi connectivity index (χ4n) is 1.93. The highest BCUT2D eigenvalue weighted by Gasteiger charge is 2.46. The molecule has 0 aliphatic heterocycles. The standard InChI is InChI=1S/C12H16ClN/c1-9-8-12(9,14)7-6-10-4-2-3-5-11(10)13/h2-5,9H,6-8,14H2,1H3. The Morgan fingerprint density at radius 3 is 2.71 bits per heavy atom. The minimum Gasteiger partial charge on any atom is -0.325 e. The van der Waals surface area contributed by atoms with Gasteiger partial charge in [-0.1, -0.05) is 36.7 Å². The minimum absolute atomic E-state index is 0.0964. The zero-order valence-electron chi connectivity index (χ0n) is 8.46. The van der Waals surface area contributed by atoms with Crippen molar-refractivity contribution in [2.24, 2.45) is 11.7 Å². The third-order valence-corrected chi connectivity index (χ3v) is 3.69. The molecule has 1 aromatic carbocycles. The summed E-state index contributed by atoms with van der Waals surface area (Å²) in [5.74, 6) is 0.685. The highest BCUT2D eigenvalue weighted by atomic mass is 35.5. The molecule has 1 aromatic rings. The van der Waals surface area contributed by atoms with E-state index in [9.17, 15) is 0 Å². The molecule has 1 aliphatic carbocycles.